The molecular formula is C30H34FN5O4. The quantitative estimate of drug-likeness (QED) is 0.397. The van der Waals surface area contributed by atoms with E-state index in [1.54, 1.807) is 39.0 Å². The Bertz CT molecular complexity index is 1400. The van der Waals surface area contributed by atoms with Gasteiger partial charge in [0.15, 0.2) is 0 Å². The topological polar surface area (TPSA) is 105 Å². The number of aromatic nitrogens is 1. The van der Waals surface area contributed by atoms with Gasteiger partial charge >= 0.3 is 6.09 Å². The molecule has 10 heteroatoms. The maximum atomic E-state index is 14.3. The van der Waals surface area contributed by atoms with Crippen LogP contribution in [0.2, 0.25) is 0 Å². The Morgan fingerprint density at radius 2 is 1.77 bits per heavy atom. The highest BCUT2D eigenvalue weighted by molar-refractivity contribution is 5.95. The van der Waals surface area contributed by atoms with Crippen LogP contribution in [0.5, 0.6) is 0 Å². The van der Waals surface area contributed by atoms with E-state index in [1.165, 1.54) is 35.0 Å². The highest BCUT2D eigenvalue weighted by Crippen LogP contribution is 2.28. The Labute approximate surface area is 233 Å². The van der Waals surface area contributed by atoms with E-state index in [0.29, 0.717) is 12.8 Å². The number of hydrogen-bond acceptors (Lipinski definition) is 7. The number of pyridine rings is 1. The largest absolute Gasteiger partial charge is 0.444 e. The molecule has 2 amide bonds. The van der Waals surface area contributed by atoms with Crippen molar-refractivity contribution in [2.24, 2.45) is 0 Å². The molecule has 1 unspecified atom stereocenters. The molecule has 0 bridgehead atoms. The van der Waals surface area contributed by atoms with Crippen LogP contribution in [-0.4, -0.2) is 54.9 Å². The fraction of sp³-hybridized carbons (Fsp3) is 0.367. The SMILES string of the molecule is CC(C)(C)OC(=O)Nc1cc(Nc2ccccc2F)nc(C(=O)NC2Cc3ccc(N4CCOCC4)cc3C2)c1. The van der Waals surface area contributed by atoms with Crippen molar-refractivity contribution < 1.29 is 23.5 Å². The van der Waals surface area contributed by atoms with E-state index in [-0.39, 0.29) is 28.9 Å². The van der Waals surface area contributed by atoms with E-state index in [1.807, 2.05) is 0 Å². The third kappa shape index (κ3) is 6.87. The van der Waals surface area contributed by atoms with Gasteiger partial charge in [-0.2, -0.15) is 0 Å². The second kappa shape index (κ2) is 11.5. The molecule has 3 aromatic rings. The Hall–Kier alpha value is -4.18. The number of anilines is 4. The van der Waals surface area contributed by atoms with E-state index in [9.17, 15) is 14.0 Å². The van der Waals surface area contributed by atoms with Crippen LogP contribution in [0, 0.1) is 5.82 Å². The number of hydrogen-bond donors (Lipinski definition) is 3. The van der Waals surface area contributed by atoms with Crippen molar-refractivity contribution in [1.82, 2.24) is 10.3 Å². The molecule has 1 aliphatic heterocycles. The van der Waals surface area contributed by atoms with Gasteiger partial charge in [0.2, 0.25) is 0 Å². The zero-order chi connectivity index (χ0) is 28.3. The predicted molar refractivity (Wildman–Crippen MR) is 152 cm³/mol. The Kier molecular flexibility index (Phi) is 7.88. The first-order valence-corrected chi connectivity index (χ1v) is 13.4. The first-order valence-electron chi connectivity index (χ1n) is 13.4. The number of benzene rings is 2. The molecule has 5 rings (SSSR count). The van der Waals surface area contributed by atoms with Gasteiger partial charge in [0, 0.05) is 30.9 Å². The lowest BCUT2D eigenvalue weighted by Crippen LogP contribution is -2.36. The summed E-state index contributed by atoms with van der Waals surface area (Å²) in [7, 11) is 0. The van der Waals surface area contributed by atoms with Crippen molar-refractivity contribution in [2.45, 2.75) is 45.3 Å². The van der Waals surface area contributed by atoms with E-state index in [2.05, 4.69) is 44.0 Å². The van der Waals surface area contributed by atoms with Crippen LogP contribution in [0.1, 0.15) is 42.4 Å². The number of amides is 2. The lowest BCUT2D eigenvalue weighted by atomic mass is 10.1. The minimum atomic E-state index is -0.704. The van der Waals surface area contributed by atoms with Crippen LogP contribution in [0.15, 0.2) is 54.6 Å². The average Bonchev–Trinajstić information content (AvgIpc) is 3.30. The number of halogens is 1. The molecule has 0 saturated carbocycles. The van der Waals surface area contributed by atoms with Crippen molar-refractivity contribution in [3.8, 4) is 0 Å². The molecule has 2 heterocycles. The number of morpholine rings is 1. The molecule has 1 fully saturated rings. The summed E-state index contributed by atoms with van der Waals surface area (Å²) in [5.74, 6) is -0.662. The number of fused-ring (bicyclic) bond motifs is 1. The van der Waals surface area contributed by atoms with Gasteiger partial charge in [0.25, 0.3) is 5.91 Å². The van der Waals surface area contributed by atoms with Crippen molar-refractivity contribution >= 4 is 34.9 Å². The summed E-state index contributed by atoms with van der Waals surface area (Å²) in [5, 5.41) is 8.64. The van der Waals surface area contributed by atoms with Crippen LogP contribution >= 0.6 is 0 Å². The monoisotopic (exact) mass is 547 g/mol. The molecule has 0 radical (unpaired) electrons. The summed E-state index contributed by atoms with van der Waals surface area (Å²) >= 11 is 0. The molecule has 2 aliphatic rings. The number of rotatable bonds is 6. The first-order chi connectivity index (χ1) is 19.1. The van der Waals surface area contributed by atoms with Gasteiger partial charge in [-0.25, -0.2) is 14.2 Å². The summed E-state index contributed by atoms with van der Waals surface area (Å²) < 4.78 is 25.1. The molecule has 1 aliphatic carbocycles. The zero-order valence-corrected chi connectivity index (χ0v) is 22.9. The van der Waals surface area contributed by atoms with Crippen LogP contribution in [0.4, 0.5) is 32.1 Å². The van der Waals surface area contributed by atoms with E-state index >= 15 is 0 Å². The molecule has 2 aromatic carbocycles. The molecular weight excluding hydrogens is 513 g/mol. The van der Waals surface area contributed by atoms with E-state index < -0.39 is 23.4 Å². The van der Waals surface area contributed by atoms with Gasteiger partial charge in [-0.15, -0.1) is 0 Å². The van der Waals surface area contributed by atoms with Gasteiger partial charge in [-0.3, -0.25) is 10.1 Å². The molecule has 3 N–H and O–H groups in total. The van der Waals surface area contributed by atoms with Crippen LogP contribution in [0.25, 0.3) is 0 Å². The smallest absolute Gasteiger partial charge is 0.412 e. The minimum Gasteiger partial charge on any atom is -0.444 e. The number of ether oxygens (including phenoxy) is 2. The summed E-state index contributed by atoms with van der Waals surface area (Å²) in [6, 6.07) is 15.5. The van der Waals surface area contributed by atoms with Crippen LogP contribution in [-0.2, 0) is 22.3 Å². The standard InChI is InChI=1S/C30H34FN5O4/c1-30(2,3)40-29(38)33-22-17-26(35-27(18-22)34-25-7-5-4-6-24(25)31)28(37)32-21-14-19-8-9-23(16-20(19)15-21)36-10-12-39-13-11-36/h4-9,16-18,21H,10-15H2,1-3H3,(H,32,37)(H2,33,34,35,38). The third-order valence-corrected chi connectivity index (χ3v) is 6.67. The Morgan fingerprint density at radius 1 is 1.02 bits per heavy atom. The third-order valence-electron chi connectivity index (χ3n) is 6.67. The minimum absolute atomic E-state index is 0.0809. The second-order valence-corrected chi connectivity index (χ2v) is 11.0. The maximum Gasteiger partial charge on any atom is 0.412 e. The van der Waals surface area contributed by atoms with Crippen molar-refractivity contribution in [3.63, 3.8) is 0 Å². The number of nitrogens with zero attached hydrogens (tertiary/aromatic N) is 2. The fourth-order valence-electron chi connectivity index (χ4n) is 4.89. The van der Waals surface area contributed by atoms with E-state index in [4.69, 9.17) is 9.47 Å². The van der Waals surface area contributed by atoms with Gasteiger partial charge in [0.05, 0.1) is 24.6 Å². The first kappa shape index (κ1) is 27.4. The zero-order valence-electron chi connectivity index (χ0n) is 22.9. The lowest BCUT2D eigenvalue weighted by Gasteiger charge is -2.29. The highest BCUT2D eigenvalue weighted by Gasteiger charge is 2.26. The summed E-state index contributed by atoms with van der Waals surface area (Å²) in [4.78, 5) is 32.5. The number of para-hydroxylation sites is 1. The lowest BCUT2D eigenvalue weighted by molar-refractivity contribution is 0.0635. The summed E-state index contributed by atoms with van der Waals surface area (Å²) in [5.41, 5.74) is 3.45. The molecule has 1 aromatic heterocycles. The number of nitrogens with one attached hydrogen (secondary N) is 3. The molecule has 40 heavy (non-hydrogen) atoms. The molecule has 210 valence electrons. The van der Waals surface area contributed by atoms with Gasteiger partial charge in [-0.05, 0) is 75.1 Å². The van der Waals surface area contributed by atoms with Gasteiger partial charge in [-0.1, -0.05) is 18.2 Å². The molecule has 0 spiro atoms. The normalized spacial score (nSPS) is 16.7. The van der Waals surface area contributed by atoms with Crippen molar-refractivity contribution in [2.75, 3.05) is 41.8 Å². The molecule has 1 atom stereocenters. The fourth-order valence-corrected chi connectivity index (χ4v) is 4.89. The highest BCUT2D eigenvalue weighted by atomic mass is 19.1. The van der Waals surface area contributed by atoms with E-state index in [0.717, 1.165) is 26.3 Å². The maximum absolute atomic E-state index is 14.3. The Morgan fingerprint density at radius 3 is 2.52 bits per heavy atom. The van der Waals surface area contributed by atoms with Gasteiger partial charge in [0.1, 0.15) is 22.9 Å². The second-order valence-electron chi connectivity index (χ2n) is 11.0. The Balaban J connectivity index is 1.32. The van der Waals surface area contributed by atoms with Crippen LogP contribution < -0.4 is 20.9 Å². The van der Waals surface area contributed by atoms with Crippen molar-refractivity contribution in [3.05, 3.63) is 77.2 Å². The van der Waals surface area contributed by atoms with Crippen LogP contribution in [0.3, 0.4) is 0 Å². The number of carbonyl (C=O) groups excluding carboxylic acids is 2. The summed E-state index contributed by atoms with van der Waals surface area (Å²) in [6.45, 7) is 8.44. The summed E-state index contributed by atoms with van der Waals surface area (Å²) in [6.07, 6.45) is 0.736. The van der Waals surface area contributed by atoms with Gasteiger partial charge < -0.3 is 25.0 Å². The number of carbonyl (C=O) groups is 2. The molecule has 9 nitrogen and oxygen atoms in total. The van der Waals surface area contributed by atoms with Crippen molar-refractivity contribution in [1.29, 1.82) is 0 Å². The molecule has 1 saturated heterocycles. The predicted octanol–water partition coefficient (Wildman–Crippen LogP) is 5.05. The average molecular weight is 548 g/mol.